The summed E-state index contributed by atoms with van der Waals surface area (Å²) in [5.41, 5.74) is 1.27. The highest BCUT2D eigenvalue weighted by Gasteiger charge is 2.04. The van der Waals surface area contributed by atoms with E-state index in [0.29, 0.717) is 0 Å². The van der Waals surface area contributed by atoms with Gasteiger partial charge in [-0.1, -0.05) is 11.6 Å². The summed E-state index contributed by atoms with van der Waals surface area (Å²) >= 11 is 12.0. The van der Waals surface area contributed by atoms with Crippen LogP contribution in [0.15, 0.2) is 22.4 Å². The fourth-order valence-corrected chi connectivity index (χ4v) is 3.14. The Morgan fingerprint density at radius 3 is 2.92 bits per heavy atom. The van der Waals surface area contributed by atoms with Crippen molar-refractivity contribution in [1.29, 1.82) is 0 Å². The molecule has 2 rings (SSSR count). The topological polar surface area (TPSA) is 0 Å². The number of aryl methyl sites for hydroxylation is 1. The Bertz CT molecular complexity index is 431. The van der Waals surface area contributed by atoms with Gasteiger partial charge in [0.15, 0.2) is 0 Å². The Morgan fingerprint density at radius 2 is 2.17 bits per heavy atom. The number of benzene rings is 1. The second-order valence-corrected chi connectivity index (χ2v) is 4.55. The van der Waals surface area contributed by atoms with Gasteiger partial charge in [-0.05, 0) is 30.0 Å². The molecule has 1 heterocycles. The number of fused-ring (bicyclic) bond motifs is 1. The van der Waals surface area contributed by atoms with E-state index in [1.165, 1.54) is 15.6 Å². The molecular weight excluding hydrogens is 208 g/mol. The molecule has 0 fully saturated rings. The van der Waals surface area contributed by atoms with Crippen molar-refractivity contribution in [1.82, 2.24) is 0 Å². The third-order valence-electron chi connectivity index (χ3n) is 1.80. The van der Waals surface area contributed by atoms with Crippen LogP contribution >= 0.6 is 35.6 Å². The van der Waals surface area contributed by atoms with Crippen molar-refractivity contribution in [3.05, 3.63) is 28.1 Å². The highest BCUT2D eigenvalue weighted by molar-refractivity contribution is 7.80. The predicted octanol–water partition coefficient (Wildman–Crippen LogP) is 4.15. The van der Waals surface area contributed by atoms with Gasteiger partial charge in [-0.15, -0.1) is 24.0 Å². The highest BCUT2D eigenvalue weighted by atomic mass is 35.5. The van der Waals surface area contributed by atoms with E-state index in [9.17, 15) is 0 Å². The van der Waals surface area contributed by atoms with Crippen molar-refractivity contribution in [3.63, 3.8) is 0 Å². The Kier molecular flexibility index (Phi) is 2.07. The lowest BCUT2D eigenvalue weighted by molar-refractivity contribution is 1.51. The first-order valence-electron chi connectivity index (χ1n) is 3.55. The summed E-state index contributed by atoms with van der Waals surface area (Å²) in [6, 6.07) is 3.86. The zero-order valence-corrected chi connectivity index (χ0v) is 8.93. The van der Waals surface area contributed by atoms with Crippen molar-refractivity contribution in [2.24, 2.45) is 0 Å². The predicted molar refractivity (Wildman–Crippen MR) is 58.8 cm³/mol. The molecule has 1 aromatic heterocycles. The standard InChI is InChI=1S/C9H7ClS2/c1-5-4-12-8-3-6(10)2-7(11)9(5)8/h2-4,11H,1H3. The fourth-order valence-electron chi connectivity index (χ4n) is 1.27. The number of halogens is 1. The summed E-state index contributed by atoms with van der Waals surface area (Å²) in [7, 11) is 0. The van der Waals surface area contributed by atoms with Crippen molar-refractivity contribution in [3.8, 4) is 0 Å². The van der Waals surface area contributed by atoms with Crippen molar-refractivity contribution in [2.45, 2.75) is 11.8 Å². The molecule has 3 heteroatoms. The molecule has 0 aliphatic carbocycles. The van der Waals surface area contributed by atoms with Crippen LogP contribution in [-0.2, 0) is 0 Å². The van der Waals surface area contributed by atoms with Crippen LogP contribution in [0.25, 0.3) is 10.1 Å². The van der Waals surface area contributed by atoms with Crippen molar-refractivity contribution < 1.29 is 0 Å². The molecule has 0 radical (unpaired) electrons. The molecule has 0 amide bonds. The van der Waals surface area contributed by atoms with E-state index < -0.39 is 0 Å². The van der Waals surface area contributed by atoms with Crippen molar-refractivity contribution >= 4 is 45.7 Å². The summed E-state index contributed by atoms with van der Waals surface area (Å²) < 4.78 is 1.21. The quantitative estimate of drug-likeness (QED) is 0.626. The molecule has 0 aliphatic rings. The van der Waals surface area contributed by atoms with Crippen LogP contribution in [0.2, 0.25) is 5.02 Å². The Labute approximate surface area is 85.6 Å². The zero-order chi connectivity index (χ0) is 8.72. The second-order valence-electron chi connectivity index (χ2n) is 2.72. The fraction of sp³-hybridized carbons (Fsp3) is 0.111. The van der Waals surface area contributed by atoms with Crippen LogP contribution in [0.3, 0.4) is 0 Å². The molecule has 62 valence electrons. The van der Waals surface area contributed by atoms with Gasteiger partial charge in [0.05, 0.1) is 0 Å². The van der Waals surface area contributed by atoms with E-state index in [-0.39, 0.29) is 0 Å². The van der Waals surface area contributed by atoms with Crippen LogP contribution in [0.1, 0.15) is 5.56 Å². The summed E-state index contributed by atoms with van der Waals surface area (Å²) in [6.07, 6.45) is 0. The largest absolute Gasteiger partial charge is 0.143 e. The van der Waals surface area contributed by atoms with Crippen LogP contribution in [-0.4, -0.2) is 0 Å². The lowest BCUT2D eigenvalue weighted by Gasteiger charge is -1.97. The summed E-state index contributed by atoms with van der Waals surface area (Å²) in [6.45, 7) is 2.09. The van der Waals surface area contributed by atoms with Gasteiger partial charge in [-0.25, -0.2) is 0 Å². The lowest BCUT2D eigenvalue weighted by Crippen LogP contribution is -1.72. The summed E-state index contributed by atoms with van der Waals surface area (Å²) in [5.74, 6) is 0. The normalized spacial score (nSPS) is 10.9. The smallest absolute Gasteiger partial charge is 0.0431 e. The third-order valence-corrected chi connectivity index (χ3v) is 3.42. The molecule has 0 bridgehead atoms. The van der Waals surface area contributed by atoms with E-state index in [4.69, 9.17) is 11.6 Å². The molecule has 0 nitrogen and oxygen atoms in total. The van der Waals surface area contributed by atoms with E-state index in [1.807, 2.05) is 12.1 Å². The van der Waals surface area contributed by atoms with E-state index in [2.05, 4.69) is 24.9 Å². The van der Waals surface area contributed by atoms with Crippen molar-refractivity contribution in [2.75, 3.05) is 0 Å². The maximum Gasteiger partial charge on any atom is 0.0431 e. The van der Waals surface area contributed by atoms with Gasteiger partial charge in [-0.2, -0.15) is 0 Å². The third kappa shape index (κ3) is 1.24. The highest BCUT2D eigenvalue weighted by Crippen LogP contribution is 2.33. The molecule has 1 aromatic carbocycles. The Hall–Kier alpha value is -0.180. The number of hydrogen-bond acceptors (Lipinski definition) is 2. The molecule has 0 spiro atoms. The van der Waals surface area contributed by atoms with E-state index in [0.717, 1.165) is 9.92 Å². The molecule has 0 saturated carbocycles. The molecule has 0 saturated heterocycles. The Morgan fingerprint density at radius 1 is 1.42 bits per heavy atom. The maximum atomic E-state index is 5.89. The number of hydrogen-bond donors (Lipinski definition) is 1. The van der Waals surface area contributed by atoms with Gasteiger partial charge in [0, 0.05) is 20.0 Å². The first-order valence-corrected chi connectivity index (χ1v) is 5.25. The second kappa shape index (κ2) is 2.95. The molecule has 0 unspecified atom stereocenters. The van der Waals surface area contributed by atoms with Gasteiger partial charge < -0.3 is 0 Å². The lowest BCUT2D eigenvalue weighted by atomic mass is 10.2. The van der Waals surface area contributed by atoms with Crippen LogP contribution < -0.4 is 0 Å². The summed E-state index contributed by atoms with van der Waals surface area (Å²) in [4.78, 5) is 0.969. The van der Waals surface area contributed by atoms with Gasteiger partial charge in [0.2, 0.25) is 0 Å². The minimum atomic E-state index is 0.759. The first kappa shape index (κ1) is 8.42. The van der Waals surface area contributed by atoms with Gasteiger partial charge in [0.1, 0.15) is 0 Å². The number of thiophene rings is 1. The summed E-state index contributed by atoms with van der Waals surface area (Å²) in [5, 5.41) is 4.11. The average Bonchev–Trinajstić information content (AvgIpc) is 2.31. The molecule has 0 atom stereocenters. The van der Waals surface area contributed by atoms with Gasteiger partial charge >= 0.3 is 0 Å². The zero-order valence-electron chi connectivity index (χ0n) is 6.47. The molecule has 0 N–H and O–H groups in total. The molecule has 0 aliphatic heterocycles. The molecule has 12 heavy (non-hydrogen) atoms. The Balaban J connectivity index is 2.93. The average molecular weight is 215 g/mol. The first-order chi connectivity index (χ1) is 5.68. The molecular formula is C9H7ClS2. The van der Waals surface area contributed by atoms with E-state index in [1.54, 1.807) is 11.3 Å². The minimum Gasteiger partial charge on any atom is -0.143 e. The van der Waals surface area contributed by atoms with Crippen LogP contribution in [0.4, 0.5) is 0 Å². The van der Waals surface area contributed by atoms with Gasteiger partial charge in [-0.3, -0.25) is 0 Å². The monoisotopic (exact) mass is 214 g/mol. The van der Waals surface area contributed by atoms with E-state index >= 15 is 0 Å². The maximum absolute atomic E-state index is 5.89. The molecule has 2 aromatic rings. The van der Waals surface area contributed by atoms with Crippen LogP contribution in [0, 0.1) is 6.92 Å². The SMILES string of the molecule is Cc1csc2cc(Cl)cc(S)c12. The van der Waals surface area contributed by atoms with Gasteiger partial charge in [0.25, 0.3) is 0 Å². The van der Waals surface area contributed by atoms with Crippen LogP contribution in [0.5, 0.6) is 0 Å². The number of thiol groups is 1. The minimum absolute atomic E-state index is 0.759. The number of rotatable bonds is 0.